The highest BCUT2D eigenvalue weighted by Crippen LogP contribution is 2.29. The average Bonchev–Trinajstić information content (AvgIpc) is 2.94. The number of rotatable bonds is 8. The molecule has 1 heterocycles. The van der Waals surface area contributed by atoms with Crippen molar-refractivity contribution in [1.29, 1.82) is 0 Å². The zero-order valence-corrected chi connectivity index (χ0v) is 17.8. The van der Waals surface area contributed by atoms with E-state index in [1.807, 2.05) is 48.5 Å². The summed E-state index contributed by atoms with van der Waals surface area (Å²) < 4.78 is 0. The van der Waals surface area contributed by atoms with Crippen LogP contribution in [0.2, 0.25) is 0 Å². The Labute approximate surface area is 177 Å². The molecule has 0 aliphatic carbocycles. The van der Waals surface area contributed by atoms with Gasteiger partial charge in [-0.3, -0.25) is 14.5 Å². The van der Waals surface area contributed by atoms with Crippen LogP contribution in [0.4, 0.5) is 10.5 Å². The molecule has 1 atom stereocenters. The van der Waals surface area contributed by atoms with Crippen LogP contribution in [0.3, 0.4) is 0 Å². The number of nitrogens with one attached hydrogen (secondary N) is 2. The Morgan fingerprint density at radius 3 is 2.00 bits per heavy atom. The molecule has 1 saturated heterocycles. The van der Waals surface area contributed by atoms with E-state index in [1.165, 1.54) is 11.1 Å². The molecule has 2 aromatic carbocycles. The van der Waals surface area contributed by atoms with Gasteiger partial charge >= 0.3 is 6.03 Å². The third kappa shape index (κ3) is 4.53. The van der Waals surface area contributed by atoms with Crippen LogP contribution in [-0.4, -0.2) is 29.3 Å². The number of amides is 4. The Kier molecular flexibility index (Phi) is 6.55. The minimum atomic E-state index is -1.18. The number of hydrogen-bond acceptors (Lipinski definition) is 3. The molecule has 6 heteroatoms. The third-order valence-corrected chi connectivity index (χ3v) is 5.42. The molecule has 6 nitrogen and oxygen atoms in total. The molecule has 0 saturated carbocycles. The van der Waals surface area contributed by atoms with Gasteiger partial charge in [0.05, 0.1) is 0 Å². The van der Waals surface area contributed by atoms with Crippen molar-refractivity contribution in [1.82, 2.24) is 10.2 Å². The van der Waals surface area contributed by atoms with Crippen LogP contribution in [0, 0.1) is 0 Å². The van der Waals surface area contributed by atoms with E-state index in [0.717, 1.165) is 30.6 Å². The minimum Gasteiger partial charge on any atom is -0.325 e. The minimum absolute atomic E-state index is 0.328. The number of anilines is 1. The molecule has 0 bridgehead atoms. The molecule has 0 aromatic heterocycles. The van der Waals surface area contributed by atoms with E-state index >= 15 is 0 Å². The fourth-order valence-electron chi connectivity index (χ4n) is 3.72. The summed E-state index contributed by atoms with van der Waals surface area (Å²) in [5.74, 6) is -0.839. The molecule has 1 aliphatic heterocycles. The molecule has 4 amide bonds. The van der Waals surface area contributed by atoms with E-state index in [4.69, 9.17) is 0 Å². The number of aryl methyl sites for hydroxylation is 2. The van der Waals surface area contributed by atoms with Gasteiger partial charge in [-0.2, -0.15) is 0 Å². The number of imide groups is 1. The van der Waals surface area contributed by atoms with E-state index < -0.39 is 23.4 Å². The highest BCUT2D eigenvalue weighted by molar-refractivity contribution is 6.10. The van der Waals surface area contributed by atoms with Crippen LogP contribution in [0.25, 0.3) is 0 Å². The molecule has 158 valence electrons. The molecule has 1 aliphatic rings. The number of benzene rings is 2. The number of carbonyl (C=O) groups excluding carboxylic acids is 3. The van der Waals surface area contributed by atoms with E-state index in [9.17, 15) is 14.4 Å². The van der Waals surface area contributed by atoms with Crippen molar-refractivity contribution in [2.45, 2.75) is 52.0 Å². The Morgan fingerprint density at radius 2 is 1.47 bits per heavy atom. The Balaban J connectivity index is 1.67. The maximum absolute atomic E-state index is 13.0. The van der Waals surface area contributed by atoms with Crippen LogP contribution in [0.1, 0.15) is 50.3 Å². The van der Waals surface area contributed by atoms with Gasteiger partial charge in [0.2, 0.25) is 5.91 Å². The Morgan fingerprint density at radius 1 is 0.933 bits per heavy atom. The van der Waals surface area contributed by atoms with Crippen molar-refractivity contribution >= 4 is 23.5 Å². The zero-order valence-electron chi connectivity index (χ0n) is 17.8. The summed E-state index contributed by atoms with van der Waals surface area (Å²) in [5.41, 5.74) is 2.55. The first-order valence-electron chi connectivity index (χ1n) is 10.5. The van der Waals surface area contributed by atoms with Gasteiger partial charge in [0.1, 0.15) is 12.1 Å². The average molecular weight is 408 g/mol. The predicted molar refractivity (Wildman–Crippen MR) is 117 cm³/mol. The summed E-state index contributed by atoms with van der Waals surface area (Å²) in [7, 11) is 0. The van der Waals surface area contributed by atoms with Crippen LogP contribution < -0.4 is 10.6 Å². The van der Waals surface area contributed by atoms with Crippen LogP contribution in [-0.2, 0) is 28.0 Å². The molecule has 30 heavy (non-hydrogen) atoms. The maximum Gasteiger partial charge on any atom is 0.325 e. The number of hydrogen-bond donors (Lipinski definition) is 2. The zero-order chi connectivity index (χ0) is 21.7. The summed E-state index contributed by atoms with van der Waals surface area (Å²) >= 11 is 0. The highest BCUT2D eigenvalue weighted by Gasteiger charge is 2.49. The summed E-state index contributed by atoms with van der Waals surface area (Å²) in [5, 5.41) is 5.50. The lowest BCUT2D eigenvalue weighted by Crippen LogP contribution is -2.42. The van der Waals surface area contributed by atoms with Crippen molar-refractivity contribution in [2.24, 2.45) is 0 Å². The van der Waals surface area contributed by atoms with Crippen molar-refractivity contribution < 1.29 is 14.4 Å². The lowest BCUT2D eigenvalue weighted by Gasteiger charge is -2.22. The molecule has 2 N–H and O–H groups in total. The van der Waals surface area contributed by atoms with Crippen molar-refractivity contribution in [3.8, 4) is 0 Å². The van der Waals surface area contributed by atoms with Gasteiger partial charge in [0.25, 0.3) is 5.91 Å². The molecular formula is C24H29N3O3. The quantitative estimate of drug-likeness (QED) is 0.649. The SMILES string of the molecule is CCCc1ccc(NC(=O)CN2C(=O)NC(C)(c3ccc(CCC)cc3)C2=O)cc1. The first-order chi connectivity index (χ1) is 14.4. The summed E-state index contributed by atoms with van der Waals surface area (Å²) in [6, 6.07) is 14.7. The second kappa shape index (κ2) is 9.11. The maximum atomic E-state index is 13.0. The van der Waals surface area contributed by atoms with Crippen LogP contribution in [0.15, 0.2) is 48.5 Å². The Bertz CT molecular complexity index is 922. The highest BCUT2D eigenvalue weighted by atomic mass is 16.2. The van der Waals surface area contributed by atoms with Gasteiger partial charge in [-0.25, -0.2) is 4.79 Å². The molecular weight excluding hydrogens is 378 g/mol. The van der Waals surface area contributed by atoms with Gasteiger partial charge < -0.3 is 10.6 Å². The molecule has 0 spiro atoms. The fourth-order valence-corrected chi connectivity index (χ4v) is 3.72. The monoisotopic (exact) mass is 407 g/mol. The molecule has 1 fully saturated rings. The predicted octanol–water partition coefficient (Wildman–Crippen LogP) is 4.00. The second-order valence-electron chi connectivity index (χ2n) is 7.89. The van der Waals surface area contributed by atoms with Crippen molar-refractivity contribution in [3.05, 3.63) is 65.2 Å². The number of nitrogens with zero attached hydrogens (tertiary/aromatic N) is 1. The number of urea groups is 1. The Hall–Kier alpha value is -3.15. The largest absolute Gasteiger partial charge is 0.325 e. The normalized spacial score (nSPS) is 18.4. The first-order valence-corrected chi connectivity index (χ1v) is 10.5. The van der Waals surface area contributed by atoms with Gasteiger partial charge in [-0.15, -0.1) is 0 Å². The smallest absolute Gasteiger partial charge is 0.325 e. The van der Waals surface area contributed by atoms with Crippen LogP contribution in [0.5, 0.6) is 0 Å². The lowest BCUT2D eigenvalue weighted by atomic mass is 9.91. The molecule has 0 radical (unpaired) electrons. The topological polar surface area (TPSA) is 78.5 Å². The lowest BCUT2D eigenvalue weighted by molar-refractivity contribution is -0.133. The number of carbonyl (C=O) groups is 3. The van der Waals surface area contributed by atoms with Gasteiger partial charge in [-0.05, 0) is 48.6 Å². The standard InChI is InChI=1S/C24H29N3O3/c1-4-6-17-8-12-19(13-9-17)24(3)22(29)27(23(30)26-24)16-21(28)25-20-14-10-18(7-5-2)11-15-20/h8-15H,4-7,16H2,1-3H3,(H,25,28)(H,26,30). The van der Waals surface area contributed by atoms with Crippen molar-refractivity contribution in [3.63, 3.8) is 0 Å². The van der Waals surface area contributed by atoms with E-state index in [-0.39, 0.29) is 6.54 Å². The second-order valence-corrected chi connectivity index (χ2v) is 7.89. The van der Waals surface area contributed by atoms with Gasteiger partial charge in [0, 0.05) is 5.69 Å². The third-order valence-electron chi connectivity index (χ3n) is 5.42. The summed E-state index contributed by atoms with van der Waals surface area (Å²) in [6.45, 7) is 5.57. The summed E-state index contributed by atoms with van der Waals surface area (Å²) in [6.07, 6.45) is 4.03. The van der Waals surface area contributed by atoms with Crippen LogP contribution >= 0.6 is 0 Å². The fraction of sp³-hybridized carbons (Fsp3) is 0.375. The van der Waals surface area contributed by atoms with E-state index in [1.54, 1.807) is 6.92 Å². The van der Waals surface area contributed by atoms with Gasteiger partial charge in [-0.1, -0.05) is 63.1 Å². The van der Waals surface area contributed by atoms with E-state index in [2.05, 4.69) is 24.5 Å². The molecule has 2 aromatic rings. The first kappa shape index (κ1) is 21.6. The van der Waals surface area contributed by atoms with Crippen molar-refractivity contribution in [2.75, 3.05) is 11.9 Å². The molecule has 3 rings (SSSR count). The van der Waals surface area contributed by atoms with Gasteiger partial charge in [0.15, 0.2) is 0 Å². The molecule has 1 unspecified atom stereocenters. The van der Waals surface area contributed by atoms with E-state index in [0.29, 0.717) is 11.3 Å². The summed E-state index contributed by atoms with van der Waals surface area (Å²) in [4.78, 5) is 38.9.